The third kappa shape index (κ3) is 2.84. The maximum Gasteiger partial charge on any atom is 0.471 e. The van der Waals surface area contributed by atoms with Crippen LogP contribution in [0.15, 0.2) is 28.3 Å². The number of hydrogen-bond donors (Lipinski definition) is 0. The number of carbonyl (C=O) groups excluding carboxylic acids is 1. The van der Waals surface area contributed by atoms with E-state index < -0.39 is 32.1 Å². The quantitative estimate of drug-likeness (QED) is 0.660. The molecule has 0 saturated heterocycles. The lowest BCUT2D eigenvalue weighted by Crippen LogP contribution is -2.47. The lowest BCUT2D eigenvalue weighted by Gasteiger charge is -2.27. The van der Waals surface area contributed by atoms with Crippen LogP contribution in [0.2, 0.25) is 5.02 Å². The van der Waals surface area contributed by atoms with Crippen molar-refractivity contribution < 1.29 is 26.4 Å². The number of sulfone groups is 1. The van der Waals surface area contributed by atoms with Gasteiger partial charge in [-0.25, -0.2) is 23.4 Å². The Kier molecular flexibility index (Phi) is 4.07. The van der Waals surface area contributed by atoms with E-state index in [-0.39, 0.29) is 21.3 Å². The SMILES string of the molecule is CN(C(=O)C(F)(F)F)C1=NN(C)c2nc3ccc(Cl)cc3nc2S1(=O)=O. The second-order valence-electron chi connectivity index (χ2n) is 5.26. The maximum atomic E-state index is 12.7. The summed E-state index contributed by atoms with van der Waals surface area (Å²) in [6, 6.07) is 4.38. The Morgan fingerprint density at radius 2 is 1.88 bits per heavy atom. The molecule has 1 aliphatic heterocycles. The monoisotopic (exact) mass is 407 g/mol. The van der Waals surface area contributed by atoms with Crippen molar-refractivity contribution in [2.75, 3.05) is 19.1 Å². The van der Waals surface area contributed by atoms with Crippen LogP contribution in [-0.4, -0.2) is 54.6 Å². The zero-order chi connectivity index (χ0) is 19.4. The van der Waals surface area contributed by atoms with Crippen molar-refractivity contribution in [1.82, 2.24) is 14.9 Å². The third-order valence-electron chi connectivity index (χ3n) is 3.45. The van der Waals surface area contributed by atoms with Gasteiger partial charge in [-0.2, -0.15) is 13.2 Å². The van der Waals surface area contributed by atoms with Gasteiger partial charge in [0, 0.05) is 19.1 Å². The van der Waals surface area contributed by atoms with Gasteiger partial charge < -0.3 is 0 Å². The number of hydrogen-bond acceptors (Lipinski definition) is 7. The summed E-state index contributed by atoms with van der Waals surface area (Å²) in [5, 5.41) is 3.05. The Morgan fingerprint density at radius 3 is 2.50 bits per heavy atom. The molecule has 0 bridgehead atoms. The predicted molar refractivity (Wildman–Crippen MR) is 86.4 cm³/mol. The van der Waals surface area contributed by atoms with Gasteiger partial charge in [-0.3, -0.25) is 9.69 Å². The lowest BCUT2D eigenvalue weighted by molar-refractivity contribution is -0.180. The molecule has 0 unspecified atom stereocenters. The molecule has 8 nitrogen and oxygen atoms in total. The van der Waals surface area contributed by atoms with Gasteiger partial charge in [0.1, 0.15) is 0 Å². The second kappa shape index (κ2) is 5.77. The van der Waals surface area contributed by atoms with Gasteiger partial charge in [-0.15, -0.1) is 5.10 Å². The fraction of sp³-hybridized carbons (Fsp3) is 0.231. The van der Waals surface area contributed by atoms with Gasteiger partial charge in [0.05, 0.1) is 11.0 Å². The highest BCUT2D eigenvalue weighted by Crippen LogP contribution is 2.31. The number of amides is 1. The van der Waals surface area contributed by atoms with Gasteiger partial charge in [0.2, 0.25) is 5.03 Å². The molecule has 0 saturated carbocycles. The molecule has 1 amide bonds. The summed E-state index contributed by atoms with van der Waals surface area (Å²) in [5.74, 6) is -2.56. The van der Waals surface area contributed by atoms with Crippen LogP contribution in [0.25, 0.3) is 11.0 Å². The summed E-state index contributed by atoms with van der Waals surface area (Å²) in [6.45, 7) is 0. The molecular formula is C13H9ClF3N5O3S. The Morgan fingerprint density at radius 1 is 1.23 bits per heavy atom. The first kappa shape index (κ1) is 18.3. The highest BCUT2D eigenvalue weighted by Gasteiger charge is 2.47. The van der Waals surface area contributed by atoms with E-state index >= 15 is 0 Å². The molecule has 0 N–H and O–H groups in total. The van der Waals surface area contributed by atoms with Crippen molar-refractivity contribution >= 4 is 49.4 Å². The summed E-state index contributed by atoms with van der Waals surface area (Å²) in [4.78, 5) is 19.4. The molecule has 2 aromatic rings. The minimum Gasteiger partial charge on any atom is -0.281 e. The van der Waals surface area contributed by atoms with E-state index in [1.165, 1.54) is 25.2 Å². The largest absolute Gasteiger partial charge is 0.471 e. The Labute approximate surface area is 149 Å². The van der Waals surface area contributed by atoms with E-state index in [0.717, 1.165) is 5.01 Å². The highest BCUT2D eigenvalue weighted by molar-refractivity contribution is 8.06. The number of rotatable bonds is 0. The molecule has 2 heterocycles. The number of fused-ring (bicyclic) bond motifs is 2. The number of benzene rings is 1. The molecule has 13 heteroatoms. The fourth-order valence-electron chi connectivity index (χ4n) is 2.23. The van der Waals surface area contributed by atoms with Crippen LogP contribution >= 0.6 is 11.6 Å². The van der Waals surface area contributed by atoms with Gasteiger partial charge in [-0.1, -0.05) is 11.6 Å². The van der Waals surface area contributed by atoms with E-state index in [2.05, 4.69) is 15.1 Å². The van der Waals surface area contributed by atoms with E-state index in [1.54, 1.807) is 0 Å². The molecule has 3 rings (SSSR count). The van der Waals surface area contributed by atoms with Crippen molar-refractivity contribution in [3.63, 3.8) is 0 Å². The first-order valence-corrected chi connectivity index (χ1v) is 8.68. The molecule has 0 aliphatic carbocycles. The van der Waals surface area contributed by atoms with Crippen LogP contribution in [0.1, 0.15) is 0 Å². The molecule has 0 fully saturated rings. The topological polar surface area (TPSA) is 95.8 Å². The number of aromatic nitrogens is 2. The van der Waals surface area contributed by atoms with Gasteiger partial charge >= 0.3 is 12.1 Å². The van der Waals surface area contributed by atoms with E-state index in [1.807, 2.05) is 0 Å². The van der Waals surface area contributed by atoms with Crippen molar-refractivity contribution in [1.29, 1.82) is 0 Å². The van der Waals surface area contributed by atoms with Gasteiger partial charge in [0.15, 0.2) is 5.82 Å². The zero-order valence-corrected chi connectivity index (χ0v) is 14.7. The van der Waals surface area contributed by atoms with Crippen molar-refractivity contribution in [3.8, 4) is 0 Å². The average molecular weight is 408 g/mol. The maximum absolute atomic E-state index is 12.7. The normalized spacial score (nSPS) is 16.2. The number of halogens is 4. The number of anilines is 1. The minimum atomic E-state index is -5.27. The average Bonchev–Trinajstić information content (AvgIpc) is 2.54. The number of carbonyl (C=O) groups is 1. The highest BCUT2D eigenvalue weighted by atomic mass is 35.5. The molecule has 0 atom stereocenters. The van der Waals surface area contributed by atoms with Crippen molar-refractivity contribution in [2.45, 2.75) is 11.2 Å². The molecule has 0 spiro atoms. The third-order valence-corrected chi connectivity index (χ3v) is 5.30. The van der Waals surface area contributed by atoms with Gasteiger partial charge in [-0.05, 0) is 18.2 Å². The summed E-state index contributed by atoms with van der Waals surface area (Å²) in [5.41, 5.74) is 0.438. The van der Waals surface area contributed by atoms with Crippen LogP contribution in [0.4, 0.5) is 19.0 Å². The zero-order valence-electron chi connectivity index (χ0n) is 13.1. The molecule has 0 radical (unpaired) electrons. The Balaban J connectivity index is 2.20. The molecule has 1 aliphatic rings. The number of amidine groups is 1. The summed E-state index contributed by atoms with van der Waals surface area (Å²) >= 11 is 5.84. The molecule has 1 aromatic heterocycles. The van der Waals surface area contributed by atoms with Crippen LogP contribution < -0.4 is 5.01 Å². The Hall–Kier alpha value is -2.47. The first-order chi connectivity index (χ1) is 11.9. The van der Waals surface area contributed by atoms with Gasteiger partial charge in [0.25, 0.3) is 15.0 Å². The van der Waals surface area contributed by atoms with Crippen molar-refractivity contribution in [2.24, 2.45) is 5.10 Å². The lowest BCUT2D eigenvalue weighted by atomic mass is 10.3. The molecule has 138 valence electrons. The van der Waals surface area contributed by atoms with Crippen LogP contribution in [0, 0.1) is 0 Å². The fourth-order valence-corrected chi connectivity index (χ4v) is 3.88. The molecular weight excluding hydrogens is 399 g/mol. The van der Waals surface area contributed by atoms with E-state index in [0.29, 0.717) is 12.6 Å². The van der Waals surface area contributed by atoms with E-state index in [4.69, 9.17) is 11.6 Å². The predicted octanol–water partition coefficient (Wildman–Crippen LogP) is 1.80. The minimum absolute atomic E-state index is 0.0847. The van der Waals surface area contributed by atoms with Crippen LogP contribution in [0.3, 0.4) is 0 Å². The van der Waals surface area contributed by atoms with Crippen LogP contribution in [0.5, 0.6) is 0 Å². The smallest absolute Gasteiger partial charge is 0.281 e. The Bertz CT molecular complexity index is 1070. The first-order valence-electron chi connectivity index (χ1n) is 6.82. The second-order valence-corrected chi connectivity index (χ2v) is 7.45. The standard InChI is InChI=1S/C13H9ClF3N5O3S/c1-21(11(23)13(15,16)17)12-20-22(2)9-10(26(12,24)25)19-8-5-6(14)3-4-7(8)18-9/h3-5H,1-2H3. The molecule has 1 aromatic carbocycles. The molecule has 26 heavy (non-hydrogen) atoms. The number of hydrazone groups is 1. The number of alkyl halides is 3. The summed E-state index contributed by atoms with van der Waals surface area (Å²) < 4.78 is 63.4. The summed E-state index contributed by atoms with van der Waals surface area (Å²) in [7, 11) is -2.69. The van der Waals surface area contributed by atoms with Crippen LogP contribution in [-0.2, 0) is 14.6 Å². The van der Waals surface area contributed by atoms with Crippen molar-refractivity contribution in [3.05, 3.63) is 23.2 Å². The number of nitrogens with zero attached hydrogens (tertiary/aromatic N) is 5. The van der Waals surface area contributed by atoms with E-state index in [9.17, 15) is 26.4 Å². The summed E-state index contributed by atoms with van der Waals surface area (Å²) in [6.07, 6.45) is -5.27.